The van der Waals surface area contributed by atoms with Crippen LogP contribution in [0.1, 0.15) is 52.7 Å². The van der Waals surface area contributed by atoms with Crippen LogP contribution in [0, 0.1) is 0 Å². The van der Waals surface area contributed by atoms with E-state index >= 15 is 0 Å². The Balaban J connectivity index is 1.15. The van der Waals surface area contributed by atoms with Crippen molar-refractivity contribution >= 4 is 60.5 Å². The number of fused-ring (bicyclic) bond motifs is 5. The number of anilines is 3. The minimum absolute atomic E-state index is 0.0115. The lowest BCUT2D eigenvalue weighted by atomic mass is 9.78. The van der Waals surface area contributed by atoms with Gasteiger partial charge in [-0.05, 0) is 113 Å². The first kappa shape index (κ1) is 41.1. The van der Waals surface area contributed by atoms with Crippen molar-refractivity contribution in [1.29, 1.82) is 0 Å². The fourth-order valence-electron chi connectivity index (χ4n) is 9.92. The minimum Gasteiger partial charge on any atom is -0.456 e. The standard InChI is InChI=1S/C64H53NO/c1-63(2,3)46-39-45(40-47(41-46)64(4,5)6)51-27-16-21-44-22-17-30-55(61(44)51)54-25-10-13-32-58(54)65(57-31-12-9-24-53(57)52-29-15-20-42-19-7-8-23-49(42)52)48-37-35-43(36-38-48)50-28-18-34-60-62(50)56-26-11-14-33-59(56)66-60/h7-41H,1-6H3. The normalized spacial score (nSPS) is 12.1. The predicted molar refractivity (Wildman–Crippen MR) is 283 cm³/mol. The molecule has 0 aliphatic heterocycles. The van der Waals surface area contributed by atoms with Crippen molar-refractivity contribution in [2.75, 3.05) is 4.90 Å². The van der Waals surface area contributed by atoms with Gasteiger partial charge in [-0.3, -0.25) is 0 Å². The molecule has 0 saturated heterocycles. The summed E-state index contributed by atoms with van der Waals surface area (Å²) in [5.74, 6) is 0. The second kappa shape index (κ2) is 16.1. The number of benzene rings is 10. The lowest BCUT2D eigenvalue weighted by Crippen LogP contribution is -2.16. The molecule has 66 heavy (non-hydrogen) atoms. The summed E-state index contributed by atoms with van der Waals surface area (Å²) in [7, 11) is 0. The maximum Gasteiger partial charge on any atom is 0.136 e. The molecule has 2 nitrogen and oxygen atoms in total. The Morgan fingerprint density at radius 3 is 1.47 bits per heavy atom. The third-order valence-electron chi connectivity index (χ3n) is 13.4. The molecule has 0 unspecified atom stereocenters. The van der Waals surface area contributed by atoms with Gasteiger partial charge in [0.05, 0.1) is 11.4 Å². The van der Waals surface area contributed by atoms with E-state index in [2.05, 4.69) is 253 Å². The SMILES string of the molecule is CC(C)(C)c1cc(-c2cccc3cccc(-c4ccccc4N(c4ccc(-c5cccc6oc7ccccc7c56)cc4)c4ccccc4-c4cccc5ccccc45)c23)cc(C(C)(C)C)c1. The molecular weight excluding hydrogens is 799 g/mol. The van der Waals surface area contributed by atoms with Gasteiger partial charge in [-0.1, -0.05) is 217 Å². The number of hydrogen-bond acceptors (Lipinski definition) is 2. The van der Waals surface area contributed by atoms with E-state index in [0.717, 1.165) is 61.3 Å². The number of para-hydroxylation sites is 3. The lowest BCUT2D eigenvalue weighted by Gasteiger charge is -2.30. The van der Waals surface area contributed by atoms with Gasteiger partial charge < -0.3 is 9.32 Å². The predicted octanol–water partition coefficient (Wildman–Crippen LogP) is 18.6. The van der Waals surface area contributed by atoms with E-state index in [1.54, 1.807) is 0 Å². The van der Waals surface area contributed by atoms with E-state index in [9.17, 15) is 0 Å². The van der Waals surface area contributed by atoms with E-state index in [1.165, 1.54) is 54.9 Å². The topological polar surface area (TPSA) is 16.4 Å². The monoisotopic (exact) mass is 851 g/mol. The van der Waals surface area contributed by atoms with Crippen molar-refractivity contribution in [2.45, 2.75) is 52.4 Å². The maximum absolute atomic E-state index is 6.33. The maximum atomic E-state index is 6.33. The molecule has 0 amide bonds. The van der Waals surface area contributed by atoms with E-state index < -0.39 is 0 Å². The van der Waals surface area contributed by atoms with Gasteiger partial charge in [-0.15, -0.1) is 0 Å². The molecule has 0 N–H and O–H groups in total. The van der Waals surface area contributed by atoms with E-state index in [1.807, 2.05) is 6.07 Å². The zero-order chi connectivity index (χ0) is 45.2. The molecule has 0 aliphatic rings. The molecule has 11 aromatic rings. The van der Waals surface area contributed by atoms with Gasteiger partial charge in [0.15, 0.2) is 0 Å². The van der Waals surface area contributed by atoms with Crippen LogP contribution in [0.15, 0.2) is 217 Å². The molecule has 0 radical (unpaired) electrons. The highest BCUT2D eigenvalue weighted by Gasteiger charge is 2.25. The van der Waals surface area contributed by atoms with Crippen molar-refractivity contribution in [3.05, 3.63) is 223 Å². The van der Waals surface area contributed by atoms with E-state index in [4.69, 9.17) is 4.42 Å². The number of hydrogen-bond donors (Lipinski definition) is 0. The molecular formula is C64H53NO. The van der Waals surface area contributed by atoms with Crippen molar-refractivity contribution in [3.8, 4) is 44.5 Å². The van der Waals surface area contributed by atoms with Crippen LogP contribution in [0.5, 0.6) is 0 Å². The third kappa shape index (κ3) is 7.24. The molecule has 0 aliphatic carbocycles. The molecule has 1 aromatic heterocycles. The molecule has 0 bridgehead atoms. The molecule has 0 spiro atoms. The quantitative estimate of drug-likeness (QED) is 0.159. The van der Waals surface area contributed by atoms with E-state index in [-0.39, 0.29) is 10.8 Å². The first-order valence-corrected chi connectivity index (χ1v) is 23.2. The average Bonchev–Trinajstić information content (AvgIpc) is 3.73. The molecule has 0 saturated carbocycles. The fourth-order valence-corrected chi connectivity index (χ4v) is 9.92. The second-order valence-electron chi connectivity index (χ2n) is 19.7. The van der Waals surface area contributed by atoms with E-state index in [0.29, 0.717) is 0 Å². The Morgan fingerprint density at radius 2 is 0.803 bits per heavy atom. The third-order valence-corrected chi connectivity index (χ3v) is 13.4. The average molecular weight is 852 g/mol. The summed E-state index contributed by atoms with van der Waals surface area (Å²) in [6, 6.07) is 77.9. The van der Waals surface area contributed by atoms with Gasteiger partial charge >= 0.3 is 0 Å². The lowest BCUT2D eigenvalue weighted by molar-refractivity contribution is 0.569. The smallest absolute Gasteiger partial charge is 0.136 e. The first-order chi connectivity index (χ1) is 32.0. The van der Waals surface area contributed by atoms with Crippen LogP contribution in [0.2, 0.25) is 0 Å². The summed E-state index contributed by atoms with van der Waals surface area (Å²) in [6.07, 6.45) is 0. The first-order valence-electron chi connectivity index (χ1n) is 23.2. The summed E-state index contributed by atoms with van der Waals surface area (Å²) in [4.78, 5) is 2.48. The Labute approximate surface area is 388 Å². The zero-order valence-electron chi connectivity index (χ0n) is 38.6. The minimum atomic E-state index is -0.0115. The van der Waals surface area contributed by atoms with Crippen LogP contribution in [-0.2, 0) is 10.8 Å². The molecule has 2 heteroatoms. The molecule has 1 heterocycles. The Kier molecular flexibility index (Phi) is 10.0. The van der Waals surface area contributed by atoms with Crippen LogP contribution >= 0.6 is 0 Å². The van der Waals surface area contributed by atoms with Gasteiger partial charge in [0, 0.05) is 27.6 Å². The highest BCUT2D eigenvalue weighted by atomic mass is 16.3. The summed E-state index contributed by atoms with van der Waals surface area (Å²) in [5, 5.41) is 7.17. The van der Waals surface area contributed by atoms with Crippen LogP contribution in [0.3, 0.4) is 0 Å². The number of furan rings is 1. The van der Waals surface area contributed by atoms with Crippen LogP contribution in [0.25, 0.3) is 88.0 Å². The highest BCUT2D eigenvalue weighted by molar-refractivity contribution is 6.13. The van der Waals surface area contributed by atoms with Crippen molar-refractivity contribution < 1.29 is 4.42 Å². The van der Waals surface area contributed by atoms with Crippen LogP contribution < -0.4 is 4.90 Å². The van der Waals surface area contributed by atoms with Gasteiger partial charge in [-0.2, -0.15) is 0 Å². The van der Waals surface area contributed by atoms with Gasteiger partial charge in [-0.25, -0.2) is 0 Å². The Morgan fingerprint density at radius 1 is 0.333 bits per heavy atom. The summed E-state index contributed by atoms with van der Waals surface area (Å²) < 4.78 is 6.33. The van der Waals surface area contributed by atoms with Gasteiger partial charge in [0.25, 0.3) is 0 Å². The Hall–Kier alpha value is -7.68. The number of rotatable bonds is 7. The van der Waals surface area contributed by atoms with Crippen molar-refractivity contribution in [3.63, 3.8) is 0 Å². The molecule has 320 valence electrons. The zero-order valence-corrected chi connectivity index (χ0v) is 38.6. The molecule has 0 atom stereocenters. The molecule has 10 aromatic carbocycles. The van der Waals surface area contributed by atoms with Gasteiger partial charge in [0.1, 0.15) is 11.2 Å². The fraction of sp³-hybridized carbons (Fsp3) is 0.125. The largest absolute Gasteiger partial charge is 0.456 e. The Bertz CT molecular complexity index is 3570. The summed E-state index contributed by atoms with van der Waals surface area (Å²) in [6.45, 7) is 13.9. The second-order valence-corrected chi connectivity index (χ2v) is 19.7. The summed E-state index contributed by atoms with van der Waals surface area (Å²) >= 11 is 0. The number of nitrogens with zero attached hydrogens (tertiary/aromatic N) is 1. The molecule has 11 rings (SSSR count). The molecule has 0 fully saturated rings. The van der Waals surface area contributed by atoms with Crippen molar-refractivity contribution in [2.24, 2.45) is 0 Å². The van der Waals surface area contributed by atoms with Crippen molar-refractivity contribution in [1.82, 2.24) is 0 Å². The summed E-state index contributed by atoms with van der Waals surface area (Å²) in [5.41, 5.74) is 17.2. The van der Waals surface area contributed by atoms with Crippen LogP contribution in [0.4, 0.5) is 17.1 Å². The van der Waals surface area contributed by atoms with Crippen LogP contribution in [-0.4, -0.2) is 0 Å². The van der Waals surface area contributed by atoms with Gasteiger partial charge in [0.2, 0.25) is 0 Å². The highest BCUT2D eigenvalue weighted by Crippen LogP contribution is 2.49.